The van der Waals surface area contributed by atoms with Crippen LogP contribution in [0.1, 0.15) is 59.6 Å². The van der Waals surface area contributed by atoms with Crippen LogP contribution in [0.5, 0.6) is 5.75 Å². The molecule has 0 N–H and O–H groups in total. The van der Waals surface area contributed by atoms with Crippen LogP contribution in [0.4, 0.5) is 0 Å². The Morgan fingerprint density at radius 1 is 1.31 bits per heavy atom. The van der Waals surface area contributed by atoms with Crippen molar-refractivity contribution >= 4 is 34.1 Å². The average Bonchev–Trinajstić information content (AvgIpc) is 3.61. The van der Waals surface area contributed by atoms with Crippen molar-refractivity contribution < 1.29 is 19.1 Å². The highest BCUT2D eigenvalue weighted by atomic mass is 32.1. The summed E-state index contributed by atoms with van der Waals surface area (Å²) < 4.78 is 13.0. The maximum atomic E-state index is 13.3. The van der Waals surface area contributed by atoms with Gasteiger partial charge in [-0.1, -0.05) is 5.11 Å². The molecule has 1 fully saturated rings. The number of benzene rings is 1. The Morgan fingerprint density at radius 2 is 2.08 bits per heavy atom. The lowest BCUT2D eigenvalue weighted by atomic mass is 10.0. The van der Waals surface area contributed by atoms with Gasteiger partial charge in [0, 0.05) is 52.5 Å². The van der Waals surface area contributed by atoms with Crippen LogP contribution in [0.25, 0.3) is 31.8 Å². The van der Waals surface area contributed by atoms with Crippen molar-refractivity contribution in [3.05, 3.63) is 61.1 Å². The summed E-state index contributed by atoms with van der Waals surface area (Å²) in [6, 6.07) is 5.23. The molecule has 0 radical (unpaired) electrons. The lowest BCUT2D eigenvalue weighted by molar-refractivity contribution is -0.130. The predicted molar refractivity (Wildman–Crippen MR) is 135 cm³/mol. The third kappa shape index (κ3) is 4.00. The van der Waals surface area contributed by atoms with Crippen LogP contribution in [0.3, 0.4) is 0 Å². The minimum atomic E-state index is -0.633. The minimum absolute atomic E-state index is 0.0131. The molecule has 0 bridgehead atoms. The van der Waals surface area contributed by atoms with E-state index < -0.39 is 17.4 Å². The number of rotatable bonds is 6. The number of methoxy groups -OCH3 is 1. The Kier molecular flexibility index (Phi) is 6.19. The third-order valence-corrected chi connectivity index (χ3v) is 7.90. The molecule has 1 aromatic carbocycles. The highest BCUT2D eigenvalue weighted by molar-refractivity contribution is 7.15. The molecule has 2 aromatic heterocycles. The first-order chi connectivity index (χ1) is 17.4. The van der Waals surface area contributed by atoms with Gasteiger partial charge >= 0.3 is 5.97 Å². The van der Waals surface area contributed by atoms with E-state index in [0.717, 1.165) is 33.7 Å². The summed E-state index contributed by atoms with van der Waals surface area (Å²) in [5.41, 5.74) is 11.0. The van der Waals surface area contributed by atoms with E-state index >= 15 is 0 Å². The number of azide groups is 1. The SMILES string of the molecule is CCOC(=O)c1cn(C2CC2)c2c(OC)c(-c3cc4c(s3)C(N=[N+]=[N-])CN(C(C)=O)C4)ccc2c1=O. The fourth-order valence-electron chi connectivity index (χ4n) is 4.75. The van der Waals surface area contributed by atoms with E-state index in [1.807, 2.05) is 16.7 Å². The first-order valence-corrected chi connectivity index (χ1v) is 12.5. The number of carbonyl (C=O) groups excluding carboxylic acids is 2. The molecule has 10 nitrogen and oxygen atoms in total. The first-order valence-electron chi connectivity index (χ1n) is 11.7. The highest BCUT2D eigenvalue weighted by Gasteiger charge is 2.32. The molecule has 1 amide bonds. The van der Waals surface area contributed by atoms with Crippen LogP contribution < -0.4 is 10.2 Å². The van der Waals surface area contributed by atoms with Gasteiger partial charge in [-0.05, 0) is 49.1 Å². The molecule has 186 valence electrons. The van der Waals surface area contributed by atoms with Crippen molar-refractivity contribution in [1.82, 2.24) is 9.47 Å². The van der Waals surface area contributed by atoms with Gasteiger partial charge in [0.05, 0.1) is 30.7 Å². The smallest absolute Gasteiger partial charge is 0.343 e. The summed E-state index contributed by atoms with van der Waals surface area (Å²) in [5.74, 6) is -0.179. The number of aromatic nitrogens is 1. The zero-order valence-corrected chi connectivity index (χ0v) is 21.0. The molecular formula is C25H25N5O5S. The van der Waals surface area contributed by atoms with Crippen molar-refractivity contribution in [3.8, 4) is 16.2 Å². The zero-order chi connectivity index (χ0) is 25.6. The molecule has 1 atom stereocenters. The van der Waals surface area contributed by atoms with Gasteiger partial charge in [0.1, 0.15) is 5.56 Å². The summed E-state index contributed by atoms with van der Waals surface area (Å²) >= 11 is 1.49. The third-order valence-electron chi connectivity index (χ3n) is 6.59. The molecular weight excluding hydrogens is 482 g/mol. The van der Waals surface area contributed by atoms with Crippen LogP contribution in [0.15, 0.2) is 34.3 Å². The van der Waals surface area contributed by atoms with Crippen LogP contribution in [-0.2, 0) is 16.1 Å². The summed E-state index contributed by atoms with van der Waals surface area (Å²) in [6.07, 6.45) is 3.47. The van der Waals surface area contributed by atoms with E-state index in [2.05, 4.69) is 10.0 Å². The average molecular weight is 508 g/mol. The van der Waals surface area contributed by atoms with E-state index in [-0.39, 0.29) is 24.1 Å². The van der Waals surface area contributed by atoms with Gasteiger partial charge in [-0.2, -0.15) is 0 Å². The summed E-state index contributed by atoms with van der Waals surface area (Å²) in [7, 11) is 1.56. The predicted octanol–water partition coefficient (Wildman–Crippen LogP) is 4.96. The summed E-state index contributed by atoms with van der Waals surface area (Å²) in [6.45, 7) is 4.15. The van der Waals surface area contributed by atoms with Gasteiger partial charge in [-0.15, -0.1) is 11.3 Å². The summed E-state index contributed by atoms with van der Waals surface area (Å²) in [5, 5.41) is 4.32. The molecule has 0 saturated heterocycles. The maximum absolute atomic E-state index is 13.3. The van der Waals surface area contributed by atoms with E-state index in [1.165, 1.54) is 18.3 Å². The lowest BCUT2D eigenvalue weighted by Gasteiger charge is -2.29. The van der Waals surface area contributed by atoms with E-state index in [4.69, 9.17) is 15.0 Å². The molecule has 1 saturated carbocycles. The lowest BCUT2D eigenvalue weighted by Crippen LogP contribution is -2.35. The Labute approximate surface area is 210 Å². The molecule has 0 spiro atoms. The Hall–Kier alpha value is -3.82. The number of carbonyl (C=O) groups is 2. The Bertz CT molecular complexity index is 1500. The maximum Gasteiger partial charge on any atom is 0.343 e. The molecule has 11 heteroatoms. The molecule has 3 aromatic rings. The van der Waals surface area contributed by atoms with Crippen LogP contribution in [0, 0.1) is 0 Å². The van der Waals surface area contributed by atoms with Gasteiger partial charge < -0.3 is 18.9 Å². The first kappa shape index (κ1) is 23.9. The normalized spacial score (nSPS) is 16.9. The summed E-state index contributed by atoms with van der Waals surface area (Å²) in [4.78, 5) is 44.3. The largest absolute Gasteiger partial charge is 0.494 e. The second-order valence-electron chi connectivity index (χ2n) is 8.89. The Balaban J connectivity index is 1.70. The van der Waals surface area contributed by atoms with E-state index in [0.29, 0.717) is 29.7 Å². The number of esters is 1. The molecule has 3 heterocycles. The molecule has 2 aliphatic rings. The fraction of sp³-hybridized carbons (Fsp3) is 0.400. The molecule has 1 aliphatic carbocycles. The Morgan fingerprint density at radius 3 is 2.72 bits per heavy atom. The number of pyridine rings is 1. The number of hydrogen-bond donors (Lipinski definition) is 0. The van der Waals surface area contributed by atoms with Crippen LogP contribution in [0.2, 0.25) is 0 Å². The number of fused-ring (bicyclic) bond motifs is 2. The van der Waals surface area contributed by atoms with Crippen molar-refractivity contribution in [2.45, 2.75) is 45.3 Å². The van der Waals surface area contributed by atoms with Crippen molar-refractivity contribution in [2.24, 2.45) is 5.11 Å². The minimum Gasteiger partial charge on any atom is -0.494 e. The quantitative estimate of drug-likeness (QED) is 0.202. The fourth-order valence-corrected chi connectivity index (χ4v) is 5.97. The molecule has 1 aliphatic heterocycles. The van der Waals surface area contributed by atoms with Crippen LogP contribution >= 0.6 is 11.3 Å². The second kappa shape index (κ2) is 9.33. The van der Waals surface area contributed by atoms with E-state index in [1.54, 1.807) is 31.2 Å². The highest BCUT2D eigenvalue weighted by Crippen LogP contribution is 2.46. The van der Waals surface area contributed by atoms with Gasteiger partial charge in [-0.25, -0.2) is 4.79 Å². The number of nitrogens with zero attached hydrogens (tertiary/aromatic N) is 5. The number of hydrogen-bond acceptors (Lipinski definition) is 7. The van der Waals surface area contributed by atoms with Gasteiger partial charge in [0.25, 0.3) is 0 Å². The molecule has 36 heavy (non-hydrogen) atoms. The number of thiophene rings is 1. The van der Waals surface area contributed by atoms with E-state index in [9.17, 15) is 14.4 Å². The zero-order valence-electron chi connectivity index (χ0n) is 20.2. The second-order valence-corrected chi connectivity index (χ2v) is 9.98. The van der Waals surface area contributed by atoms with Gasteiger partial charge in [0.2, 0.25) is 11.3 Å². The van der Waals surface area contributed by atoms with Gasteiger partial charge in [0.15, 0.2) is 5.75 Å². The topological polar surface area (TPSA) is 127 Å². The van der Waals surface area contributed by atoms with Crippen LogP contribution in [-0.4, -0.2) is 41.6 Å². The number of ether oxygens (including phenoxy) is 2. The van der Waals surface area contributed by atoms with Crippen molar-refractivity contribution in [3.63, 3.8) is 0 Å². The standard InChI is InChI=1S/C25H25N5O5S/c1-4-35-25(33)18-11-30(15-5-6-15)21-17(22(18)32)8-7-16(23(21)34-3)20-9-14-10-29(13(2)31)12-19(27-28-26)24(14)36-20/h7-9,11,15,19H,4-6,10,12H2,1-3H3. The molecule has 5 rings (SSSR count). The monoisotopic (exact) mass is 507 g/mol. The van der Waals surface area contributed by atoms with Crippen molar-refractivity contribution in [1.29, 1.82) is 0 Å². The number of amides is 1. The molecule has 1 unspecified atom stereocenters. The van der Waals surface area contributed by atoms with Crippen molar-refractivity contribution in [2.75, 3.05) is 20.3 Å². The van der Waals surface area contributed by atoms with Gasteiger partial charge in [-0.3, -0.25) is 9.59 Å².